The molecular weight excluding hydrogens is 388 g/mol. The number of hydrogen-bond acceptors (Lipinski definition) is 8. The van der Waals surface area contributed by atoms with Crippen LogP contribution in [0.15, 0.2) is 16.7 Å². The van der Waals surface area contributed by atoms with Gasteiger partial charge in [-0.25, -0.2) is 0 Å². The SMILES string of the molecule is COc1ccc(C(=O)N2CCC3(CC2)CC(Cc2nc(C)no2)CCO3)c(OC)n1. The van der Waals surface area contributed by atoms with Gasteiger partial charge in [0, 0.05) is 32.2 Å². The van der Waals surface area contributed by atoms with Crippen LogP contribution in [-0.4, -0.2) is 65.4 Å². The summed E-state index contributed by atoms with van der Waals surface area (Å²) in [5.41, 5.74) is 0.264. The number of likely N-dealkylation sites (tertiary alicyclic amines) is 1. The van der Waals surface area contributed by atoms with Crippen molar-refractivity contribution in [2.24, 2.45) is 5.92 Å². The Hall–Kier alpha value is -2.68. The number of ether oxygens (including phenoxy) is 3. The van der Waals surface area contributed by atoms with E-state index in [4.69, 9.17) is 18.7 Å². The summed E-state index contributed by atoms with van der Waals surface area (Å²) in [7, 11) is 3.04. The molecule has 1 unspecified atom stereocenters. The largest absolute Gasteiger partial charge is 0.481 e. The van der Waals surface area contributed by atoms with Crippen molar-refractivity contribution in [1.82, 2.24) is 20.0 Å². The molecule has 0 N–H and O–H groups in total. The molecule has 2 aliphatic heterocycles. The van der Waals surface area contributed by atoms with Crippen LogP contribution in [0.2, 0.25) is 0 Å². The molecule has 9 nitrogen and oxygen atoms in total. The van der Waals surface area contributed by atoms with Gasteiger partial charge in [0.15, 0.2) is 5.82 Å². The number of amides is 1. The molecule has 2 saturated heterocycles. The topological polar surface area (TPSA) is 99.8 Å². The van der Waals surface area contributed by atoms with E-state index in [1.165, 1.54) is 14.2 Å². The van der Waals surface area contributed by atoms with Gasteiger partial charge in [0.2, 0.25) is 17.7 Å². The predicted octanol–water partition coefficient (Wildman–Crippen LogP) is 2.43. The highest BCUT2D eigenvalue weighted by molar-refractivity contribution is 5.96. The average molecular weight is 416 g/mol. The van der Waals surface area contributed by atoms with Gasteiger partial charge in [-0.1, -0.05) is 5.16 Å². The van der Waals surface area contributed by atoms with E-state index in [2.05, 4.69) is 15.1 Å². The van der Waals surface area contributed by atoms with Crippen molar-refractivity contribution in [3.8, 4) is 11.8 Å². The lowest BCUT2D eigenvalue weighted by Crippen LogP contribution is -2.51. The second kappa shape index (κ2) is 8.59. The normalized spacial score (nSPS) is 20.9. The van der Waals surface area contributed by atoms with Crippen LogP contribution in [0.4, 0.5) is 0 Å². The molecule has 0 bridgehead atoms. The zero-order valence-corrected chi connectivity index (χ0v) is 17.7. The summed E-state index contributed by atoms with van der Waals surface area (Å²) < 4.78 is 21.9. The number of aryl methyl sites for hydroxylation is 1. The Morgan fingerprint density at radius 2 is 2.03 bits per heavy atom. The van der Waals surface area contributed by atoms with E-state index >= 15 is 0 Å². The van der Waals surface area contributed by atoms with Gasteiger partial charge in [0.05, 0.1) is 19.8 Å². The van der Waals surface area contributed by atoms with Crippen molar-refractivity contribution in [3.63, 3.8) is 0 Å². The number of rotatable bonds is 5. The highest BCUT2D eigenvalue weighted by atomic mass is 16.5. The average Bonchev–Trinajstić information content (AvgIpc) is 3.18. The smallest absolute Gasteiger partial charge is 0.259 e. The number of pyridine rings is 1. The van der Waals surface area contributed by atoms with Gasteiger partial charge in [-0.05, 0) is 44.6 Å². The molecule has 2 fully saturated rings. The molecule has 1 atom stereocenters. The number of methoxy groups -OCH3 is 2. The molecule has 1 amide bonds. The third-order valence-corrected chi connectivity index (χ3v) is 6.06. The molecule has 2 aromatic rings. The summed E-state index contributed by atoms with van der Waals surface area (Å²) in [5, 5.41) is 3.88. The zero-order valence-electron chi connectivity index (χ0n) is 17.7. The summed E-state index contributed by atoms with van der Waals surface area (Å²) in [5.74, 6) is 2.43. The first-order valence-corrected chi connectivity index (χ1v) is 10.3. The summed E-state index contributed by atoms with van der Waals surface area (Å²) in [4.78, 5) is 23.5. The summed E-state index contributed by atoms with van der Waals surface area (Å²) in [6.07, 6.45) is 4.34. The fraction of sp³-hybridized carbons (Fsp3) is 0.619. The van der Waals surface area contributed by atoms with Crippen LogP contribution in [0.1, 0.15) is 47.8 Å². The Kier molecular flexibility index (Phi) is 5.90. The quantitative estimate of drug-likeness (QED) is 0.733. The Morgan fingerprint density at radius 1 is 1.23 bits per heavy atom. The second-order valence-corrected chi connectivity index (χ2v) is 8.03. The fourth-order valence-electron chi connectivity index (χ4n) is 4.46. The molecule has 4 rings (SSSR count). The lowest BCUT2D eigenvalue weighted by atomic mass is 9.78. The van der Waals surface area contributed by atoms with Crippen LogP contribution in [0.25, 0.3) is 0 Å². The standard InChI is InChI=1S/C21H28N4O5/c1-14-22-18(30-24-14)12-15-6-11-29-21(13-15)7-9-25(10-8-21)20(26)16-4-5-17(27-2)23-19(16)28-3/h4-5,15H,6-13H2,1-3H3. The minimum Gasteiger partial charge on any atom is -0.481 e. The molecule has 0 saturated carbocycles. The Morgan fingerprint density at radius 3 is 2.70 bits per heavy atom. The highest BCUT2D eigenvalue weighted by Gasteiger charge is 2.41. The fourth-order valence-corrected chi connectivity index (χ4v) is 4.46. The van der Waals surface area contributed by atoms with E-state index in [-0.39, 0.29) is 17.4 Å². The number of carbonyl (C=O) groups is 1. The maximum Gasteiger partial charge on any atom is 0.259 e. The molecule has 0 aliphatic carbocycles. The van der Waals surface area contributed by atoms with E-state index in [1.54, 1.807) is 12.1 Å². The summed E-state index contributed by atoms with van der Waals surface area (Å²) >= 11 is 0. The predicted molar refractivity (Wildman–Crippen MR) is 107 cm³/mol. The lowest BCUT2D eigenvalue weighted by molar-refractivity contribution is -0.124. The number of hydrogen-bond donors (Lipinski definition) is 0. The van der Waals surface area contributed by atoms with Gasteiger partial charge in [-0.2, -0.15) is 9.97 Å². The maximum atomic E-state index is 13.1. The molecule has 9 heteroatoms. The molecular formula is C21H28N4O5. The van der Waals surface area contributed by atoms with Crippen molar-refractivity contribution in [2.75, 3.05) is 33.9 Å². The molecule has 2 aliphatic rings. The van der Waals surface area contributed by atoms with E-state index in [0.717, 1.165) is 38.7 Å². The van der Waals surface area contributed by atoms with E-state index in [1.807, 2.05) is 11.8 Å². The van der Waals surface area contributed by atoms with Gasteiger partial charge in [0.25, 0.3) is 5.91 Å². The molecule has 0 aromatic carbocycles. The highest BCUT2D eigenvalue weighted by Crippen LogP contribution is 2.39. The Labute approximate surface area is 175 Å². The monoisotopic (exact) mass is 416 g/mol. The van der Waals surface area contributed by atoms with Crippen LogP contribution in [0.5, 0.6) is 11.8 Å². The first kappa shape index (κ1) is 20.6. The first-order valence-electron chi connectivity index (χ1n) is 10.3. The van der Waals surface area contributed by atoms with Crippen molar-refractivity contribution in [2.45, 2.75) is 44.6 Å². The van der Waals surface area contributed by atoms with Gasteiger partial charge >= 0.3 is 0 Å². The number of nitrogens with zero attached hydrogens (tertiary/aromatic N) is 4. The molecule has 1 spiro atoms. The van der Waals surface area contributed by atoms with Crippen LogP contribution in [0, 0.1) is 12.8 Å². The van der Waals surface area contributed by atoms with Crippen molar-refractivity contribution >= 4 is 5.91 Å². The Balaban J connectivity index is 1.38. The van der Waals surface area contributed by atoms with Crippen LogP contribution < -0.4 is 9.47 Å². The van der Waals surface area contributed by atoms with Crippen LogP contribution in [0.3, 0.4) is 0 Å². The molecule has 2 aromatic heterocycles. The zero-order chi connectivity index (χ0) is 21.1. The van der Waals surface area contributed by atoms with Gasteiger partial charge in [-0.15, -0.1) is 0 Å². The molecule has 30 heavy (non-hydrogen) atoms. The van der Waals surface area contributed by atoms with Crippen molar-refractivity contribution in [3.05, 3.63) is 29.4 Å². The van der Waals surface area contributed by atoms with Gasteiger partial charge in [0.1, 0.15) is 5.56 Å². The van der Waals surface area contributed by atoms with E-state index < -0.39 is 0 Å². The first-order chi connectivity index (χ1) is 14.5. The number of carbonyl (C=O) groups excluding carboxylic acids is 1. The second-order valence-electron chi connectivity index (χ2n) is 8.03. The van der Waals surface area contributed by atoms with Crippen molar-refractivity contribution < 1.29 is 23.5 Å². The Bertz CT molecular complexity index is 891. The van der Waals surface area contributed by atoms with Gasteiger partial charge in [-0.3, -0.25) is 4.79 Å². The third-order valence-electron chi connectivity index (χ3n) is 6.06. The molecule has 162 valence electrons. The van der Waals surface area contributed by atoms with Crippen molar-refractivity contribution in [1.29, 1.82) is 0 Å². The maximum absolute atomic E-state index is 13.1. The third kappa shape index (κ3) is 4.26. The summed E-state index contributed by atoms with van der Waals surface area (Å²) in [6.45, 7) is 3.83. The van der Waals surface area contributed by atoms with Gasteiger partial charge < -0.3 is 23.6 Å². The molecule has 0 radical (unpaired) electrons. The lowest BCUT2D eigenvalue weighted by Gasteiger charge is -2.46. The minimum absolute atomic E-state index is 0.0782. The molecule has 4 heterocycles. The number of aromatic nitrogens is 3. The van der Waals surface area contributed by atoms with Crippen LogP contribution in [-0.2, 0) is 11.2 Å². The minimum atomic E-state index is -0.184. The summed E-state index contributed by atoms with van der Waals surface area (Å²) in [6, 6.07) is 3.38. The van der Waals surface area contributed by atoms with Crippen LogP contribution >= 0.6 is 0 Å². The van der Waals surface area contributed by atoms with E-state index in [9.17, 15) is 4.79 Å². The van der Waals surface area contributed by atoms with E-state index in [0.29, 0.717) is 42.2 Å². The number of piperidine rings is 1.